The molecule has 0 aliphatic rings. The van der Waals surface area contributed by atoms with E-state index in [9.17, 15) is 4.39 Å². The fourth-order valence-corrected chi connectivity index (χ4v) is 4.32. The van der Waals surface area contributed by atoms with Gasteiger partial charge in [0.25, 0.3) is 0 Å². The van der Waals surface area contributed by atoms with Gasteiger partial charge in [-0.3, -0.25) is 4.40 Å². The summed E-state index contributed by atoms with van der Waals surface area (Å²) in [5, 5.41) is 4.07. The largest absolute Gasteiger partial charge is 0.348 e. The molecule has 3 aromatic heterocycles. The lowest BCUT2D eigenvalue weighted by Crippen LogP contribution is -2.11. The zero-order valence-electron chi connectivity index (χ0n) is 20.3. The van der Waals surface area contributed by atoms with Crippen molar-refractivity contribution < 1.29 is 4.39 Å². The summed E-state index contributed by atoms with van der Waals surface area (Å²) in [6.45, 7) is 2.85. The van der Waals surface area contributed by atoms with Crippen LogP contribution in [0.5, 0.6) is 0 Å². The third kappa shape index (κ3) is 5.08. The number of aromatic nitrogens is 4. The fraction of sp³-hybridized carbons (Fsp3) is 0.179. The summed E-state index contributed by atoms with van der Waals surface area (Å²) in [5.41, 5.74) is 6.09. The van der Waals surface area contributed by atoms with Crippen molar-refractivity contribution in [2.75, 3.05) is 19.4 Å². The number of nitrogens with one attached hydrogen (secondary N) is 1. The van der Waals surface area contributed by atoms with E-state index in [2.05, 4.69) is 27.3 Å². The van der Waals surface area contributed by atoms with Gasteiger partial charge in [-0.2, -0.15) is 0 Å². The molecule has 5 aromatic rings. The molecule has 0 bridgehead atoms. The quantitative estimate of drug-likeness (QED) is 0.277. The van der Waals surface area contributed by atoms with Crippen LogP contribution in [-0.4, -0.2) is 38.3 Å². The molecular weight excluding hydrogens is 475 g/mol. The first-order valence-corrected chi connectivity index (χ1v) is 12.0. The van der Waals surface area contributed by atoms with Crippen molar-refractivity contribution in [1.29, 1.82) is 0 Å². The summed E-state index contributed by atoms with van der Waals surface area (Å²) in [5.74, 6) is 0.209. The van der Waals surface area contributed by atoms with Gasteiger partial charge in [-0.25, -0.2) is 19.3 Å². The lowest BCUT2D eigenvalue weighted by atomic mass is 10.1. The number of imidazole rings is 1. The predicted octanol–water partition coefficient (Wildman–Crippen LogP) is 6.49. The molecular formula is C28H26ClFN6. The van der Waals surface area contributed by atoms with E-state index in [0.717, 1.165) is 40.3 Å². The maximum atomic E-state index is 13.7. The molecule has 2 aromatic carbocycles. The van der Waals surface area contributed by atoms with E-state index in [1.807, 2.05) is 61.9 Å². The Balaban J connectivity index is 1.58. The molecule has 1 atom stereocenters. The van der Waals surface area contributed by atoms with Crippen LogP contribution in [0.1, 0.15) is 24.1 Å². The van der Waals surface area contributed by atoms with Crippen molar-refractivity contribution in [2.45, 2.75) is 19.5 Å². The first-order valence-electron chi connectivity index (χ1n) is 11.6. The van der Waals surface area contributed by atoms with Gasteiger partial charge < -0.3 is 10.2 Å². The minimum Gasteiger partial charge on any atom is -0.348 e. The average molecular weight is 501 g/mol. The highest BCUT2D eigenvalue weighted by Crippen LogP contribution is 2.33. The molecule has 0 saturated heterocycles. The topological polar surface area (TPSA) is 58.4 Å². The van der Waals surface area contributed by atoms with E-state index >= 15 is 0 Å². The van der Waals surface area contributed by atoms with Gasteiger partial charge in [0.2, 0.25) is 5.95 Å². The van der Waals surface area contributed by atoms with Crippen molar-refractivity contribution in [3.05, 3.63) is 101 Å². The number of pyridine rings is 1. The number of hydrogen-bond donors (Lipinski definition) is 1. The number of benzene rings is 2. The van der Waals surface area contributed by atoms with Crippen molar-refractivity contribution >= 4 is 23.2 Å². The molecule has 6 nitrogen and oxygen atoms in total. The molecule has 0 amide bonds. The summed E-state index contributed by atoms with van der Waals surface area (Å²) in [6.07, 6.45) is 3.74. The lowest BCUT2D eigenvalue weighted by molar-refractivity contribution is 0.402. The Kier molecular flexibility index (Phi) is 6.67. The van der Waals surface area contributed by atoms with Crippen LogP contribution in [0.15, 0.2) is 79.1 Å². The second-order valence-electron chi connectivity index (χ2n) is 9.00. The Morgan fingerprint density at radius 3 is 2.47 bits per heavy atom. The van der Waals surface area contributed by atoms with Gasteiger partial charge in [-0.05, 0) is 86.7 Å². The Hall–Kier alpha value is -3.81. The van der Waals surface area contributed by atoms with Crippen LogP contribution in [0.25, 0.3) is 28.3 Å². The van der Waals surface area contributed by atoms with E-state index in [4.69, 9.17) is 21.6 Å². The van der Waals surface area contributed by atoms with Gasteiger partial charge in [0.15, 0.2) is 0 Å². The van der Waals surface area contributed by atoms with Gasteiger partial charge >= 0.3 is 0 Å². The molecule has 5 rings (SSSR count). The zero-order valence-corrected chi connectivity index (χ0v) is 21.0. The van der Waals surface area contributed by atoms with E-state index in [1.165, 1.54) is 12.1 Å². The normalized spacial score (nSPS) is 12.3. The second-order valence-corrected chi connectivity index (χ2v) is 9.44. The third-order valence-corrected chi connectivity index (χ3v) is 6.17. The number of rotatable bonds is 7. The Morgan fingerprint density at radius 2 is 1.75 bits per heavy atom. The van der Waals surface area contributed by atoms with E-state index < -0.39 is 0 Å². The Bertz CT molecular complexity index is 1500. The molecule has 1 N–H and O–H groups in total. The summed E-state index contributed by atoms with van der Waals surface area (Å²) < 4.78 is 15.7. The third-order valence-electron chi connectivity index (χ3n) is 5.92. The molecule has 182 valence electrons. The molecule has 0 spiro atoms. The number of halogens is 2. The van der Waals surface area contributed by atoms with Crippen molar-refractivity contribution in [2.24, 2.45) is 0 Å². The molecule has 3 heterocycles. The summed E-state index contributed by atoms with van der Waals surface area (Å²) in [7, 11) is 4.07. The molecule has 0 fully saturated rings. The van der Waals surface area contributed by atoms with Crippen molar-refractivity contribution in [1.82, 2.24) is 24.3 Å². The second kappa shape index (κ2) is 10.0. The molecule has 0 radical (unpaired) electrons. The number of nitrogens with zero attached hydrogens (tertiary/aromatic N) is 5. The number of hydrogen-bond acceptors (Lipinski definition) is 5. The SMILES string of the molecule is CC(Nc1nccc(-c2c(-c3ccc(F)cc3)nc3cc(CN(C)C)ccn23)n1)c1ccc(Cl)cc1. The van der Waals surface area contributed by atoms with Crippen molar-refractivity contribution in [3.63, 3.8) is 0 Å². The first-order chi connectivity index (χ1) is 17.4. The van der Waals surface area contributed by atoms with Crippen LogP contribution in [0, 0.1) is 5.82 Å². The summed E-state index contributed by atoms with van der Waals surface area (Å²) >= 11 is 6.03. The average Bonchev–Trinajstić information content (AvgIpc) is 3.23. The standard InChI is InChI=1S/C28H26ClFN6/c1-18(20-4-8-22(29)9-5-20)32-28-31-14-12-24(33-28)27-26(21-6-10-23(30)11-7-21)34-25-16-19(17-35(2)3)13-15-36(25)27/h4-16,18H,17H2,1-3H3,(H,31,32,33). The van der Waals surface area contributed by atoms with Crippen LogP contribution >= 0.6 is 11.6 Å². The van der Waals surface area contributed by atoms with E-state index in [0.29, 0.717) is 16.7 Å². The van der Waals surface area contributed by atoms with Gasteiger partial charge in [-0.15, -0.1) is 0 Å². The Morgan fingerprint density at radius 1 is 1.00 bits per heavy atom. The fourth-order valence-electron chi connectivity index (χ4n) is 4.19. The van der Waals surface area contributed by atoms with E-state index in [-0.39, 0.29) is 11.9 Å². The summed E-state index contributed by atoms with van der Waals surface area (Å²) in [4.78, 5) is 16.3. The highest BCUT2D eigenvalue weighted by molar-refractivity contribution is 6.30. The van der Waals surface area contributed by atoms with Gasteiger partial charge in [0, 0.05) is 29.5 Å². The molecule has 36 heavy (non-hydrogen) atoms. The van der Waals surface area contributed by atoms with Gasteiger partial charge in [-0.1, -0.05) is 23.7 Å². The summed E-state index contributed by atoms with van der Waals surface area (Å²) in [6, 6.07) is 20.0. The molecule has 0 aliphatic carbocycles. The highest BCUT2D eigenvalue weighted by atomic mass is 35.5. The first kappa shape index (κ1) is 23.9. The van der Waals surface area contributed by atoms with Crippen LogP contribution in [0.2, 0.25) is 5.02 Å². The molecule has 0 aliphatic heterocycles. The molecule has 0 saturated carbocycles. The maximum Gasteiger partial charge on any atom is 0.223 e. The minimum absolute atomic E-state index is 0.0233. The van der Waals surface area contributed by atoms with Crippen LogP contribution in [0.4, 0.5) is 10.3 Å². The predicted molar refractivity (Wildman–Crippen MR) is 142 cm³/mol. The number of anilines is 1. The van der Waals surface area contributed by atoms with Crippen LogP contribution in [0.3, 0.4) is 0 Å². The van der Waals surface area contributed by atoms with Gasteiger partial charge in [0.05, 0.1) is 23.1 Å². The maximum absolute atomic E-state index is 13.7. The molecule has 8 heteroatoms. The number of fused-ring (bicyclic) bond motifs is 1. The highest BCUT2D eigenvalue weighted by Gasteiger charge is 2.19. The monoisotopic (exact) mass is 500 g/mol. The molecule has 1 unspecified atom stereocenters. The smallest absolute Gasteiger partial charge is 0.223 e. The van der Waals surface area contributed by atoms with Crippen LogP contribution in [-0.2, 0) is 6.54 Å². The van der Waals surface area contributed by atoms with Crippen LogP contribution < -0.4 is 5.32 Å². The van der Waals surface area contributed by atoms with Crippen molar-refractivity contribution in [3.8, 4) is 22.6 Å². The van der Waals surface area contributed by atoms with E-state index in [1.54, 1.807) is 18.3 Å². The van der Waals surface area contributed by atoms with Gasteiger partial charge in [0.1, 0.15) is 11.5 Å². The minimum atomic E-state index is -0.290. The lowest BCUT2D eigenvalue weighted by Gasteiger charge is -2.15. The zero-order chi connectivity index (χ0) is 25.2. The Labute approximate surface area is 214 Å².